The first-order valence-corrected chi connectivity index (χ1v) is 5.88. The van der Waals surface area contributed by atoms with E-state index in [1.165, 1.54) is 0 Å². The summed E-state index contributed by atoms with van der Waals surface area (Å²) < 4.78 is 2.65. The van der Waals surface area contributed by atoms with E-state index in [-0.39, 0.29) is 0 Å². The van der Waals surface area contributed by atoms with Gasteiger partial charge in [0.25, 0.3) is 0 Å². The van der Waals surface area contributed by atoms with Crippen molar-refractivity contribution in [3.05, 3.63) is 28.9 Å². The van der Waals surface area contributed by atoms with Crippen LogP contribution in [0.1, 0.15) is 0 Å². The minimum absolute atomic E-state index is 0.483. The third-order valence-corrected chi connectivity index (χ3v) is 3.28. The predicted molar refractivity (Wildman–Crippen MR) is 70.4 cm³/mol. The lowest BCUT2D eigenvalue weighted by molar-refractivity contribution is 0.788. The molecule has 6 heteroatoms. The molecule has 0 aliphatic rings. The van der Waals surface area contributed by atoms with Gasteiger partial charge in [-0.1, -0.05) is 12.1 Å². The number of nitrogens with one attached hydrogen (secondary N) is 1. The first-order chi connectivity index (χ1) is 8.16. The van der Waals surface area contributed by atoms with Crippen LogP contribution in [0, 0.1) is 0 Å². The smallest absolute Gasteiger partial charge is 0.145 e. The average molecular weight is 292 g/mol. The highest BCUT2D eigenvalue weighted by Crippen LogP contribution is 2.32. The van der Waals surface area contributed by atoms with Crippen LogP contribution in [0.4, 0.5) is 5.82 Å². The van der Waals surface area contributed by atoms with E-state index < -0.39 is 0 Å². The van der Waals surface area contributed by atoms with E-state index in [2.05, 4.69) is 31.2 Å². The maximum Gasteiger partial charge on any atom is 0.145 e. The van der Waals surface area contributed by atoms with Crippen LogP contribution in [-0.4, -0.2) is 20.0 Å². The fourth-order valence-corrected chi connectivity index (χ4v) is 2.62. The summed E-state index contributed by atoms with van der Waals surface area (Å²) in [7, 11) is 1.91. The highest BCUT2D eigenvalue weighted by atomic mass is 79.9. The largest absolute Gasteiger partial charge is 0.382 e. The lowest BCUT2D eigenvalue weighted by Gasteiger charge is -2.00. The van der Waals surface area contributed by atoms with Gasteiger partial charge in [0, 0.05) is 24.1 Å². The van der Waals surface area contributed by atoms with Crippen LogP contribution in [0.15, 0.2) is 28.9 Å². The number of nitrogens with zero attached hydrogens (tertiary/aromatic N) is 3. The van der Waals surface area contributed by atoms with Crippen molar-refractivity contribution in [3.63, 3.8) is 0 Å². The molecule has 0 fully saturated rings. The predicted octanol–water partition coefficient (Wildman–Crippen LogP) is 2.31. The zero-order valence-electron chi connectivity index (χ0n) is 9.11. The molecule has 5 nitrogen and oxygen atoms in total. The molecule has 3 aromatic rings. The van der Waals surface area contributed by atoms with E-state index >= 15 is 0 Å². The molecule has 0 spiro atoms. The summed E-state index contributed by atoms with van der Waals surface area (Å²) in [5.41, 5.74) is 8.61. The monoisotopic (exact) mass is 291 g/mol. The number of aromatic amines is 1. The number of H-pyrrole nitrogens is 1. The van der Waals surface area contributed by atoms with Gasteiger partial charge in [-0.3, -0.25) is 9.78 Å². The van der Waals surface area contributed by atoms with Crippen molar-refractivity contribution in [2.24, 2.45) is 7.05 Å². The number of rotatable bonds is 1. The van der Waals surface area contributed by atoms with Gasteiger partial charge in [0.1, 0.15) is 10.4 Å². The molecular weight excluding hydrogens is 282 g/mol. The molecule has 2 heterocycles. The number of nitrogen functional groups attached to an aromatic ring is 1. The Bertz CT molecular complexity index is 697. The van der Waals surface area contributed by atoms with Crippen LogP contribution >= 0.6 is 15.9 Å². The van der Waals surface area contributed by atoms with Crippen LogP contribution < -0.4 is 5.73 Å². The average Bonchev–Trinajstić information content (AvgIpc) is 2.85. The number of halogens is 1. The number of hydrogen-bond acceptors (Lipinski definition) is 3. The summed E-state index contributed by atoms with van der Waals surface area (Å²) in [4.78, 5) is 0. The Morgan fingerprint density at radius 1 is 1.41 bits per heavy atom. The number of hydrogen-bond donors (Lipinski definition) is 2. The molecule has 0 amide bonds. The van der Waals surface area contributed by atoms with Gasteiger partial charge >= 0.3 is 0 Å². The second-order valence-corrected chi connectivity index (χ2v) is 4.57. The number of aryl methyl sites for hydroxylation is 1. The molecule has 17 heavy (non-hydrogen) atoms. The molecule has 0 atom stereocenters. The summed E-state index contributed by atoms with van der Waals surface area (Å²) >= 11 is 3.48. The van der Waals surface area contributed by atoms with Gasteiger partial charge in [-0.05, 0) is 22.0 Å². The minimum atomic E-state index is 0.483. The standard InChI is InChI=1S/C11H10BrN5/c1-17-8-4-2-3-6(10(8)11(12)16-17)7-5-9(13)15-14-7/h2-5H,1H3,(H3,13,14,15). The van der Waals surface area contributed by atoms with Crippen LogP contribution in [0.2, 0.25) is 0 Å². The van der Waals surface area contributed by atoms with Gasteiger partial charge in [0.2, 0.25) is 0 Å². The molecular formula is C11H10BrN5. The summed E-state index contributed by atoms with van der Waals surface area (Å²) in [6, 6.07) is 7.84. The molecule has 0 aliphatic carbocycles. The molecule has 2 aromatic heterocycles. The molecule has 0 unspecified atom stereocenters. The second kappa shape index (κ2) is 3.59. The molecule has 3 rings (SSSR count). The number of benzene rings is 1. The SMILES string of the molecule is Cn1nc(Br)c2c(-c3cc(N)n[nH]3)cccc21. The van der Waals surface area contributed by atoms with Crippen LogP contribution in [0.25, 0.3) is 22.2 Å². The van der Waals surface area contributed by atoms with E-state index in [4.69, 9.17) is 5.73 Å². The highest BCUT2D eigenvalue weighted by molar-refractivity contribution is 9.10. The van der Waals surface area contributed by atoms with E-state index in [0.29, 0.717) is 5.82 Å². The van der Waals surface area contributed by atoms with Gasteiger partial charge < -0.3 is 5.73 Å². The molecule has 0 saturated heterocycles. The van der Waals surface area contributed by atoms with Crippen molar-refractivity contribution in [1.82, 2.24) is 20.0 Å². The zero-order valence-corrected chi connectivity index (χ0v) is 10.7. The summed E-state index contributed by atoms with van der Waals surface area (Å²) in [5, 5.41) is 12.3. The third kappa shape index (κ3) is 1.52. The Balaban J connectivity index is 2.37. The summed E-state index contributed by atoms with van der Waals surface area (Å²) in [6.07, 6.45) is 0. The van der Waals surface area contributed by atoms with Crippen molar-refractivity contribution in [1.29, 1.82) is 0 Å². The van der Waals surface area contributed by atoms with E-state index in [1.807, 2.05) is 36.0 Å². The number of aromatic nitrogens is 4. The van der Waals surface area contributed by atoms with Crippen LogP contribution in [0.5, 0.6) is 0 Å². The number of anilines is 1. The van der Waals surface area contributed by atoms with Crippen molar-refractivity contribution < 1.29 is 0 Å². The van der Waals surface area contributed by atoms with Gasteiger partial charge in [0.15, 0.2) is 0 Å². The minimum Gasteiger partial charge on any atom is -0.382 e. The molecule has 1 aromatic carbocycles. The second-order valence-electron chi connectivity index (χ2n) is 3.82. The van der Waals surface area contributed by atoms with E-state index in [0.717, 1.165) is 26.8 Å². The van der Waals surface area contributed by atoms with Gasteiger partial charge in [-0.15, -0.1) is 0 Å². The van der Waals surface area contributed by atoms with E-state index in [9.17, 15) is 0 Å². The molecule has 3 N–H and O–H groups in total. The fraction of sp³-hybridized carbons (Fsp3) is 0.0909. The lowest BCUT2D eigenvalue weighted by atomic mass is 10.1. The molecule has 0 radical (unpaired) electrons. The first kappa shape index (κ1) is 10.3. The Labute approximate surface area is 106 Å². The molecule has 0 bridgehead atoms. The lowest BCUT2D eigenvalue weighted by Crippen LogP contribution is -1.88. The summed E-state index contributed by atoms with van der Waals surface area (Å²) in [6.45, 7) is 0. The number of nitrogens with two attached hydrogens (primary N) is 1. The van der Waals surface area contributed by atoms with Gasteiger partial charge in [0.05, 0.1) is 11.2 Å². The topological polar surface area (TPSA) is 72.5 Å². The fourth-order valence-electron chi connectivity index (χ4n) is 1.96. The normalized spacial score (nSPS) is 11.2. The maximum absolute atomic E-state index is 5.63. The van der Waals surface area contributed by atoms with Crippen molar-refractivity contribution >= 4 is 32.7 Å². The van der Waals surface area contributed by atoms with Crippen molar-refractivity contribution in [3.8, 4) is 11.3 Å². The molecule has 0 aliphatic heterocycles. The molecule has 0 saturated carbocycles. The van der Waals surface area contributed by atoms with Crippen molar-refractivity contribution in [2.75, 3.05) is 5.73 Å². The molecule has 86 valence electrons. The third-order valence-electron chi connectivity index (χ3n) is 2.72. The van der Waals surface area contributed by atoms with Crippen LogP contribution in [0.3, 0.4) is 0 Å². The summed E-state index contributed by atoms with van der Waals surface area (Å²) in [5.74, 6) is 0.483. The Morgan fingerprint density at radius 3 is 2.94 bits per heavy atom. The Kier molecular flexibility index (Phi) is 2.19. The van der Waals surface area contributed by atoms with E-state index in [1.54, 1.807) is 0 Å². The highest BCUT2D eigenvalue weighted by Gasteiger charge is 2.13. The van der Waals surface area contributed by atoms with Gasteiger partial charge in [-0.2, -0.15) is 10.2 Å². The van der Waals surface area contributed by atoms with Gasteiger partial charge in [-0.25, -0.2) is 0 Å². The Hall–Kier alpha value is -1.82. The maximum atomic E-state index is 5.63. The quantitative estimate of drug-likeness (QED) is 0.723. The van der Waals surface area contributed by atoms with Crippen molar-refractivity contribution in [2.45, 2.75) is 0 Å². The Morgan fingerprint density at radius 2 is 2.24 bits per heavy atom. The zero-order chi connectivity index (χ0) is 12.0. The number of fused-ring (bicyclic) bond motifs is 1. The van der Waals surface area contributed by atoms with Crippen LogP contribution in [-0.2, 0) is 7.05 Å². The first-order valence-electron chi connectivity index (χ1n) is 5.09.